The molecule has 1 N–H and O–H groups in total. The molecule has 2 nitrogen and oxygen atoms in total. The molecular formula is C11H8ClF3O2. The van der Waals surface area contributed by atoms with E-state index >= 15 is 0 Å². The molecular weight excluding hydrogens is 257 g/mol. The Labute approximate surface area is 99.6 Å². The average molecular weight is 265 g/mol. The van der Waals surface area contributed by atoms with Crippen LogP contribution in [0.5, 0.6) is 0 Å². The highest BCUT2D eigenvalue weighted by Crippen LogP contribution is 2.34. The lowest BCUT2D eigenvalue weighted by Gasteiger charge is -2.10. The molecule has 0 saturated heterocycles. The van der Waals surface area contributed by atoms with Crippen LogP contribution in [0.1, 0.15) is 18.3 Å². The Kier molecular flexibility index (Phi) is 3.05. The monoisotopic (exact) mass is 264 g/mol. The van der Waals surface area contributed by atoms with E-state index in [-0.39, 0.29) is 11.3 Å². The Balaban J connectivity index is 2.34. The Morgan fingerprint density at radius 3 is 2.65 bits per heavy atom. The molecule has 2 aromatic rings. The highest BCUT2D eigenvalue weighted by atomic mass is 35.5. The van der Waals surface area contributed by atoms with Gasteiger partial charge in [-0.2, -0.15) is 13.2 Å². The number of fused-ring (bicyclic) bond motifs is 1. The van der Waals surface area contributed by atoms with Gasteiger partial charge in [-0.3, -0.25) is 0 Å². The number of aliphatic hydroxyl groups is 1. The molecule has 0 aliphatic carbocycles. The van der Waals surface area contributed by atoms with Gasteiger partial charge in [-0.15, -0.1) is 0 Å². The molecule has 0 saturated carbocycles. The highest BCUT2D eigenvalue weighted by Gasteiger charge is 2.33. The molecule has 1 aromatic heterocycles. The first-order valence-electron chi connectivity index (χ1n) is 4.79. The van der Waals surface area contributed by atoms with Crippen LogP contribution in [-0.2, 0) is 0 Å². The van der Waals surface area contributed by atoms with Gasteiger partial charge in [0.05, 0.1) is 11.4 Å². The Morgan fingerprint density at radius 1 is 1.35 bits per heavy atom. The smallest absolute Gasteiger partial charge is 0.392 e. The first kappa shape index (κ1) is 12.3. The van der Waals surface area contributed by atoms with Gasteiger partial charge in [-0.05, 0) is 12.1 Å². The van der Waals surface area contributed by atoms with Gasteiger partial charge in [0, 0.05) is 5.39 Å². The van der Waals surface area contributed by atoms with Crippen LogP contribution in [0.4, 0.5) is 13.2 Å². The largest absolute Gasteiger partial charge is 0.457 e. The van der Waals surface area contributed by atoms with Gasteiger partial charge in [-0.1, -0.05) is 23.7 Å². The lowest BCUT2D eigenvalue weighted by molar-refractivity contribution is -0.156. The summed E-state index contributed by atoms with van der Waals surface area (Å²) in [5.74, 6) is -0.134. The molecule has 1 heterocycles. The van der Waals surface area contributed by atoms with Crippen LogP contribution in [0.3, 0.4) is 0 Å². The summed E-state index contributed by atoms with van der Waals surface area (Å²) in [4.78, 5) is 0. The van der Waals surface area contributed by atoms with Crippen LogP contribution in [-0.4, -0.2) is 11.3 Å². The van der Waals surface area contributed by atoms with Gasteiger partial charge in [0.15, 0.2) is 5.58 Å². The van der Waals surface area contributed by atoms with E-state index in [1.807, 2.05) is 0 Å². The van der Waals surface area contributed by atoms with Crippen molar-refractivity contribution in [3.05, 3.63) is 35.0 Å². The third kappa shape index (κ3) is 2.73. The van der Waals surface area contributed by atoms with Gasteiger partial charge in [0.2, 0.25) is 0 Å². The lowest BCUT2D eigenvalue weighted by Crippen LogP contribution is -2.12. The Bertz CT molecular complexity index is 533. The maximum absolute atomic E-state index is 12.1. The number of hydrogen-bond donors (Lipinski definition) is 1. The first-order chi connectivity index (χ1) is 7.87. The Morgan fingerprint density at radius 2 is 2.06 bits per heavy atom. The minimum absolute atomic E-state index is 0.134. The van der Waals surface area contributed by atoms with Crippen molar-refractivity contribution in [1.29, 1.82) is 0 Å². The minimum atomic E-state index is -4.44. The molecule has 0 aliphatic rings. The number of aliphatic hydroxyl groups excluding tert-OH is 1. The molecule has 1 atom stereocenters. The van der Waals surface area contributed by atoms with E-state index in [1.54, 1.807) is 18.2 Å². The first-order valence-corrected chi connectivity index (χ1v) is 5.17. The number of hydrogen-bond acceptors (Lipinski definition) is 2. The standard InChI is InChI=1S/C11H8ClF3O2/c12-7-3-1-2-6-4-9(17-10(6)7)8(16)5-11(13,14)15/h1-4,8,16H,5H2. The zero-order valence-corrected chi connectivity index (χ0v) is 9.22. The minimum Gasteiger partial charge on any atom is -0.457 e. The summed E-state index contributed by atoms with van der Waals surface area (Å²) in [7, 11) is 0. The number of rotatable bonds is 2. The molecule has 2 rings (SSSR count). The van der Waals surface area contributed by atoms with Crippen LogP contribution >= 0.6 is 11.6 Å². The van der Waals surface area contributed by atoms with Crippen LogP contribution in [0, 0.1) is 0 Å². The van der Waals surface area contributed by atoms with E-state index < -0.39 is 18.7 Å². The summed E-state index contributed by atoms with van der Waals surface area (Å²) in [5, 5.41) is 10.3. The second-order valence-electron chi connectivity index (χ2n) is 3.64. The Hall–Kier alpha value is -1.20. The number of para-hydroxylation sites is 1. The van der Waals surface area contributed by atoms with Crippen LogP contribution in [0.25, 0.3) is 11.0 Å². The van der Waals surface area contributed by atoms with Crippen molar-refractivity contribution in [1.82, 2.24) is 0 Å². The van der Waals surface area contributed by atoms with E-state index in [9.17, 15) is 18.3 Å². The van der Waals surface area contributed by atoms with Crippen molar-refractivity contribution >= 4 is 22.6 Å². The normalized spacial score (nSPS) is 14.2. The highest BCUT2D eigenvalue weighted by molar-refractivity contribution is 6.34. The summed E-state index contributed by atoms with van der Waals surface area (Å²) in [6.45, 7) is 0. The molecule has 0 bridgehead atoms. The van der Waals surface area contributed by atoms with E-state index in [0.717, 1.165) is 0 Å². The average Bonchev–Trinajstić information content (AvgIpc) is 2.60. The van der Waals surface area contributed by atoms with Gasteiger partial charge in [0.25, 0.3) is 0 Å². The van der Waals surface area contributed by atoms with Gasteiger partial charge in [-0.25, -0.2) is 0 Å². The van der Waals surface area contributed by atoms with Crippen molar-refractivity contribution in [2.75, 3.05) is 0 Å². The molecule has 1 unspecified atom stereocenters. The van der Waals surface area contributed by atoms with Crippen LogP contribution in [0.2, 0.25) is 5.02 Å². The van der Waals surface area contributed by atoms with E-state index in [0.29, 0.717) is 10.4 Å². The zero-order chi connectivity index (χ0) is 12.6. The molecule has 0 spiro atoms. The molecule has 0 fully saturated rings. The summed E-state index contributed by atoms with van der Waals surface area (Å²) >= 11 is 5.81. The predicted octanol–water partition coefficient (Wildman–Crippen LogP) is 4.07. The molecule has 0 aliphatic heterocycles. The van der Waals surface area contributed by atoms with Crippen LogP contribution in [0.15, 0.2) is 28.7 Å². The zero-order valence-electron chi connectivity index (χ0n) is 8.46. The fourth-order valence-corrected chi connectivity index (χ4v) is 1.75. The van der Waals surface area contributed by atoms with Crippen molar-refractivity contribution in [3.8, 4) is 0 Å². The maximum atomic E-state index is 12.1. The number of halogens is 4. The SMILES string of the molecule is OC(CC(F)(F)F)c1cc2cccc(Cl)c2o1. The third-order valence-electron chi connectivity index (χ3n) is 2.27. The van der Waals surface area contributed by atoms with Crippen LogP contribution < -0.4 is 0 Å². The van der Waals surface area contributed by atoms with Crippen molar-refractivity contribution in [2.24, 2.45) is 0 Å². The molecule has 0 radical (unpaired) electrons. The quantitative estimate of drug-likeness (QED) is 0.887. The second kappa shape index (κ2) is 4.23. The topological polar surface area (TPSA) is 33.4 Å². The number of furan rings is 1. The fourth-order valence-electron chi connectivity index (χ4n) is 1.53. The summed E-state index contributed by atoms with van der Waals surface area (Å²) in [5.41, 5.74) is 0.283. The molecule has 1 aromatic carbocycles. The lowest BCUT2D eigenvalue weighted by atomic mass is 10.2. The summed E-state index contributed by atoms with van der Waals surface area (Å²) in [6, 6.07) is 6.22. The van der Waals surface area contributed by atoms with Gasteiger partial charge >= 0.3 is 6.18 Å². The molecule has 6 heteroatoms. The van der Waals surface area contributed by atoms with E-state index in [4.69, 9.17) is 16.0 Å². The van der Waals surface area contributed by atoms with Gasteiger partial charge in [0.1, 0.15) is 11.9 Å². The van der Waals surface area contributed by atoms with E-state index in [2.05, 4.69) is 0 Å². The summed E-state index contributed by atoms with van der Waals surface area (Å²) in [6.07, 6.45) is -7.49. The third-order valence-corrected chi connectivity index (χ3v) is 2.57. The van der Waals surface area contributed by atoms with Gasteiger partial charge < -0.3 is 9.52 Å². The summed E-state index contributed by atoms with van der Waals surface area (Å²) < 4.78 is 41.4. The van der Waals surface area contributed by atoms with E-state index in [1.165, 1.54) is 6.07 Å². The molecule has 0 amide bonds. The van der Waals surface area contributed by atoms with Crippen molar-refractivity contribution < 1.29 is 22.7 Å². The molecule has 92 valence electrons. The van der Waals surface area contributed by atoms with Crippen molar-refractivity contribution in [3.63, 3.8) is 0 Å². The predicted molar refractivity (Wildman–Crippen MR) is 56.9 cm³/mol. The van der Waals surface area contributed by atoms with Crippen molar-refractivity contribution in [2.45, 2.75) is 18.7 Å². The second-order valence-corrected chi connectivity index (χ2v) is 4.05. The fraction of sp³-hybridized carbons (Fsp3) is 0.273. The number of benzene rings is 1. The molecule has 17 heavy (non-hydrogen) atoms. The number of alkyl halides is 3. The maximum Gasteiger partial charge on any atom is 0.392 e.